The van der Waals surface area contributed by atoms with E-state index in [1.807, 2.05) is 27.8 Å². The molecule has 2 aromatic heterocycles. The molecule has 0 N–H and O–H groups in total. The lowest BCUT2D eigenvalue weighted by atomic mass is 10.1. The maximum atomic E-state index is 12.4. The molecule has 1 aliphatic carbocycles. The lowest BCUT2D eigenvalue weighted by molar-refractivity contribution is -0.134. The number of thioether (sulfide) groups is 1. The second kappa shape index (κ2) is 6.10. The molecule has 6 nitrogen and oxygen atoms in total. The maximum absolute atomic E-state index is 12.4. The van der Waals surface area contributed by atoms with Gasteiger partial charge < -0.3 is 4.90 Å². The number of amides is 1. The molecule has 1 amide bonds. The average molecular weight is 371 g/mol. The summed E-state index contributed by atoms with van der Waals surface area (Å²) in [4.78, 5) is 18.8. The quantitative estimate of drug-likeness (QED) is 0.645. The highest BCUT2D eigenvalue weighted by Crippen LogP contribution is 2.39. The van der Waals surface area contributed by atoms with Crippen LogP contribution in [0.4, 0.5) is 0 Å². The van der Waals surface area contributed by atoms with Gasteiger partial charge in [0.05, 0.1) is 27.7 Å². The van der Waals surface area contributed by atoms with E-state index in [1.165, 1.54) is 29.3 Å². The number of hydrogen-bond acceptors (Lipinski definition) is 6. The molecule has 2 aliphatic rings. The number of rotatable bonds is 5. The normalized spacial score (nSPS) is 17.8. The molecule has 1 aliphatic heterocycles. The molecular weight excluding hydrogens is 354 g/mol. The van der Waals surface area contributed by atoms with Crippen molar-refractivity contribution in [3.05, 3.63) is 36.2 Å². The standard InChI is InChI=1S/C17H17N5OS2/c23-16(10-24-17-18-13-3-1-2-4-15(13)25-17)21-7-12(8-21)22-9-14(19-20-22)11-5-6-11/h1-4,9,11-12H,5-8,10H2. The average Bonchev–Trinajstić information content (AvgIpc) is 3.17. The Kier molecular flexibility index (Phi) is 3.74. The smallest absolute Gasteiger partial charge is 0.233 e. The second-order valence-electron chi connectivity index (χ2n) is 6.59. The van der Waals surface area contributed by atoms with Gasteiger partial charge in [0, 0.05) is 25.2 Å². The number of hydrogen-bond donors (Lipinski definition) is 0. The lowest BCUT2D eigenvalue weighted by Crippen LogP contribution is -2.51. The van der Waals surface area contributed by atoms with Crippen molar-refractivity contribution in [3.8, 4) is 0 Å². The first kappa shape index (κ1) is 15.3. The number of likely N-dealkylation sites (tertiary alicyclic amines) is 1. The van der Waals surface area contributed by atoms with Gasteiger partial charge in [-0.15, -0.1) is 16.4 Å². The van der Waals surface area contributed by atoms with E-state index in [9.17, 15) is 4.79 Å². The first-order valence-electron chi connectivity index (χ1n) is 8.44. The van der Waals surface area contributed by atoms with Crippen molar-refractivity contribution in [2.75, 3.05) is 18.8 Å². The van der Waals surface area contributed by atoms with Gasteiger partial charge in [-0.2, -0.15) is 0 Å². The molecule has 25 heavy (non-hydrogen) atoms. The van der Waals surface area contributed by atoms with Gasteiger partial charge in [-0.3, -0.25) is 4.79 Å². The van der Waals surface area contributed by atoms with Gasteiger partial charge in [-0.25, -0.2) is 9.67 Å². The largest absolute Gasteiger partial charge is 0.338 e. The summed E-state index contributed by atoms with van der Waals surface area (Å²) < 4.78 is 4.05. The summed E-state index contributed by atoms with van der Waals surface area (Å²) in [6, 6.07) is 8.34. The minimum Gasteiger partial charge on any atom is -0.338 e. The van der Waals surface area contributed by atoms with Crippen LogP contribution in [0.1, 0.15) is 30.5 Å². The number of fused-ring (bicyclic) bond motifs is 1. The summed E-state index contributed by atoms with van der Waals surface area (Å²) in [6.07, 6.45) is 4.52. The Balaban J connectivity index is 1.14. The van der Waals surface area contributed by atoms with Crippen molar-refractivity contribution >= 4 is 39.2 Å². The molecule has 1 aromatic carbocycles. The maximum Gasteiger partial charge on any atom is 0.233 e. The minimum absolute atomic E-state index is 0.169. The molecule has 128 valence electrons. The van der Waals surface area contributed by atoms with Gasteiger partial charge in [-0.05, 0) is 25.0 Å². The van der Waals surface area contributed by atoms with E-state index < -0.39 is 0 Å². The third-order valence-electron chi connectivity index (χ3n) is 4.71. The monoisotopic (exact) mass is 371 g/mol. The first-order chi connectivity index (χ1) is 12.3. The number of nitrogens with zero attached hydrogens (tertiary/aromatic N) is 5. The van der Waals surface area contributed by atoms with E-state index in [0.717, 1.165) is 28.6 Å². The van der Waals surface area contributed by atoms with Gasteiger partial charge in [0.15, 0.2) is 4.34 Å². The van der Waals surface area contributed by atoms with Crippen LogP contribution in [0.15, 0.2) is 34.8 Å². The predicted octanol–water partition coefficient (Wildman–Crippen LogP) is 2.94. The van der Waals surface area contributed by atoms with Crippen molar-refractivity contribution in [3.63, 3.8) is 0 Å². The Morgan fingerprint density at radius 1 is 1.28 bits per heavy atom. The number of benzene rings is 1. The van der Waals surface area contributed by atoms with E-state index in [1.54, 1.807) is 11.3 Å². The Bertz CT molecular complexity index is 893. The molecule has 2 fully saturated rings. The van der Waals surface area contributed by atoms with Crippen LogP contribution in [0.2, 0.25) is 0 Å². The van der Waals surface area contributed by atoms with Crippen LogP contribution in [0.25, 0.3) is 10.2 Å². The predicted molar refractivity (Wildman–Crippen MR) is 98.0 cm³/mol. The fourth-order valence-corrected chi connectivity index (χ4v) is 4.96. The molecule has 1 saturated carbocycles. The summed E-state index contributed by atoms with van der Waals surface area (Å²) in [6.45, 7) is 1.46. The molecular formula is C17H17N5OS2. The minimum atomic E-state index is 0.169. The van der Waals surface area contributed by atoms with Crippen LogP contribution in [0.3, 0.4) is 0 Å². The molecule has 3 heterocycles. The van der Waals surface area contributed by atoms with Crippen LogP contribution < -0.4 is 0 Å². The van der Waals surface area contributed by atoms with Crippen molar-refractivity contribution < 1.29 is 4.79 Å². The van der Waals surface area contributed by atoms with Gasteiger partial charge in [0.1, 0.15) is 0 Å². The zero-order valence-corrected chi connectivity index (χ0v) is 15.2. The van der Waals surface area contributed by atoms with Crippen molar-refractivity contribution in [1.29, 1.82) is 0 Å². The SMILES string of the molecule is O=C(CSc1nc2ccccc2s1)N1CC(n2cc(C3CC3)nn2)C1. The van der Waals surface area contributed by atoms with E-state index in [2.05, 4.69) is 27.6 Å². The zero-order valence-electron chi connectivity index (χ0n) is 13.5. The molecule has 0 atom stereocenters. The molecule has 8 heteroatoms. The van der Waals surface area contributed by atoms with Crippen LogP contribution in [0.5, 0.6) is 0 Å². The van der Waals surface area contributed by atoms with E-state index in [0.29, 0.717) is 11.7 Å². The summed E-state index contributed by atoms with van der Waals surface area (Å²) in [5.41, 5.74) is 2.11. The van der Waals surface area contributed by atoms with E-state index >= 15 is 0 Å². The third-order valence-corrected chi connectivity index (χ3v) is 6.87. The molecule has 3 aromatic rings. The van der Waals surface area contributed by atoms with Crippen LogP contribution >= 0.6 is 23.1 Å². The van der Waals surface area contributed by atoms with Crippen molar-refractivity contribution in [2.24, 2.45) is 0 Å². The fourth-order valence-electron chi connectivity index (χ4n) is 2.99. The number of carbonyl (C=O) groups excluding carboxylic acids is 1. The van der Waals surface area contributed by atoms with Gasteiger partial charge in [0.25, 0.3) is 0 Å². The number of carbonyl (C=O) groups is 1. The van der Waals surface area contributed by atoms with Crippen molar-refractivity contribution in [1.82, 2.24) is 24.9 Å². The highest BCUT2D eigenvalue weighted by atomic mass is 32.2. The molecule has 0 radical (unpaired) electrons. The lowest BCUT2D eigenvalue weighted by Gasteiger charge is -2.38. The number of thiazole rings is 1. The zero-order chi connectivity index (χ0) is 16.8. The van der Waals surface area contributed by atoms with Crippen LogP contribution in [-0.2, 0) is 4.79 Å². The third kappa shape index (κ3) is 3.04. The first-order valence-corrected chi connectivity index (χ1v) is 10.2. The highest BCUT2D eigenvalue weighted by Gasteiger charge is 2.34. The molecule has 0 unspecified atom stereocenters. The van der Waals surface area contributed by atoms with Gasteiger partial charge >= 0.3 is 0 Å². The van der Waals surface area contributed by atoms with Crippen LogP contribution in [-0.4, -0.2) is 49.6 Å². The Morgan fingerprint density at radius 3 is 2.92 bits per heavy atom. The summed E-state index contributed by atoms with van der Waals surface area (Å²) in [5, 5.41) is 8.47. The number of para-hydroxylation sites is 1. The Morgan fingerprint density at radius 2 is 2.12 bits per heavy atom. The fraction of sp³-hybridized carbons (Fsp3) is 0.412. The van der Waals surface area contributed by atoms with Gasteiger partial charge in [-0.1, -0.05) is 29.1 Å². The second-order valence-corrected chi connectivity index (χ2v) is 8.84. The van der Waals surface area contributed by atoms with Crippen LogP contribution in [0, 0.1) is 0 Å². The van der Waals surface area contributed by atoms with Gasteiger partial charge in [0.2, 0.25) is 5.91 Å². The summed E-state index contributed by atoms with van der Waals surface area (Å²) >= 11 is 3.17. The summed E-state index contributed by atoms with van der Waals surface area (Å²) in [7, 11) is 0. The Hall–Kier alpha value is -1.93. The Labute approximate surface area is 153 Å². The summed E-state index contributed by atoms with van der Waals surface area (Å²) in [5.74, 6) is 1.23. The van der Waals surface area contributed by atoms with E-state index in [-0.39, 0.29) is 11.9 Å². The van der Waals surface area contributed by atoms with Crippen molar-refractivity contribution in [2.45, 2.75) is 29.1 Å². The number of aromatic nitrogens is 4. The molecule has 0 bridgehead atoms. The highest BCUT2D eigenvalue weighted by molar-refractivity contribution is 8.01. The van der Waals surface area contributed by atoms with E-state index in [4.69, 9.17) is 0 Å². The topological polar surface area (TPSA) is 63.9 Å². The molecule has 0 spiro atoms. The molecule has 5 rings (SSSR count). The molecule has 1 saturated heterocycles.